The maximum absolute atomic E-state index is 12.9. The first-order chi connectivity index (χ1) is 15.3. The Balaban J connectivity index is 1.49. The molecule has 8 nitrogen and oxygen atoms in total. The molecule has 2 aromatic heterocycles. The molecule has 1 amide bonds. The van der Waals surface area contributed by atoms with E-state index in [9.17, 15) is 9.59 Å². The maximum atomic E-state index is 12.9. The van der Waals surface area contributed by atoms with Crippen LogP contribution < -0.4 is 10.1 Å². The zero-order valence-corrected chi connectivity index (χ0v) is 18.8. The zero-order chi connectivity index (χ0) is 22.8. The average Bonchev–Trinajstić information content (AvgIpc) is 3.21. The molecule has 1 atom stereocenters. The molecular formula is C24H28N4O4. The van der Waals surface area contributed by atoms with Gasteiger partial charge in [-0.1, -0.05) is 32.0 Å². The molecule has 3 heterocycles. The van der Waals surface area contributed by atoms with Crippen LogP contribution in [0.15, 0.2) is 36.5 Å². The van der Waals surface area contributed by atoms with Crippen LogP contribution >= 0.6 is 0 Å². The van der Waals surface area contributed by atoms with Crippen molar-refractivity contribution in [2.24, 2.45) is 0 Å². The number of esters is 1. The van der Waals surface area contributed by atoms with Crippen LogP contribution in [0.4, 0.5) is 0 Å². The highest BCUT2D eigenvalue weighted by molar-refractivity contribution is 6.03. The Morgan fingerprint density at radius 3 is 2.78 bits per heavy atom. The van der Waals surface area contributed by atoms with Crippen molar-refractivity contribution >= 4 is 22.9 Å². The van der Waals surface area contributed by atoms with Crippen LogP contribution in [0.2, 0.25) is 0 Å². The van der Waals surface area contributed by atoms with Gasteiger partial charge in [0.05, 0.1) is 29.8 Å². The third-order valence-corrected chi connectivity index (χ3v) is 5.52. The number of benzene rings is 1. The number of carbonyl (C=O) groups excluding carboxylic acids is 2. The van der Waals surface area contributed by atoms with Gasteiger partial charge in [-0.05, 0) is 31.9 Å². The minimum absolute atomic E-state index is 0.0967. The van der Waals surface area contributed by atoms with Crippen molar-refractivity contribution in [2.45, 2.75) is 52.1 Å². The van der Waals surface area contributed by atoms with E-state index >= 15 is 0 Å². The smallest absolute Gasteiger partial charge is 0.339 e. The molecule has 4 rings (SSSR count). The molecule has 3 aromatic rings. The second kappa shape index (κ2) is 8.98. The van der Waals surface area contributed by atoms with Crippen molar-refractivity contribution < 1.29 is 19.1 Å². The number of hydrogen-bond donors (Lipinski definition) is 1. The van der Waals surface area contributed by atoms with Crippen molar-refractivity contribution in [3.63, 3.8) is 0 Å². The van der Waals surface area contributed by atoms with E-state index in [1.807, 2.05) is 52.0 Å². The quantitative estimate of drug-likeness (QED) is 0.588. The van der Waals surface area contributed by atoms with Crippen LogP contribution in [0.25, 0.3) is 11.0 Å². The molecule has 0 fully saturated rings. The Hall–Kier alpha value is -3.42. The van der Waals surface area contributed by atoms with E-state index in [0.717, 1.165) is 17.0 Å². The normalized spacial score (nSPS) is 15.5. The average molecular weight is 437 g/mol. The number of hydrogen-bond acceptors (Lipinski definition) is 6. The first-order valence-electron chi connectivity index (χ1n) is 10.9. The van der Waals surface area contributed by atoms with Crippen LogP contribution in [-0.2, 0) is 9.53 Å². The second-order valence-corrected chi connectivity index (χ2v) is 8.54. The summed E-state index contributed by atoms with van der Waals surface area (Å²) in [5.41, 5.74) is 2.71. The summed E-state index contributed by atoms with van der Waals surface area (Å²) in [7, 11) is 0. The predicted octanol–water partition coefficient (Wildman–Crippen LogP) is 3.93. The third kappa shape index (κ3) is 4.30. The minimum atomic E-state index is -0.565. The number of pyridine rings is 1. The third-order valence-electron chi connectivity index (χ3n) is 5.52. The molecule has 0 aliphatic carbocycles. The van der Waals surface area contributed by atoms with Crippen LogP contribution in [0.1, 0.15) is 73.7 Å². The van der Waals surface area contributed by atoms with E-state index in [1.165, 1.54) is 0 Å². The lowest BCUT2D eigenvalue weighted by Gasteiger charge is -2.26. The molecule has 8 heteroatoms. The predicted molar refractivity (Wildman–Crippen MR) is 120 cm³/mol. The molecule has 0 saturated carbocycles. The van der Waals surface area contributed by atoms with E-state index in [-0.39, 0.29) is 30.5 Å². The fourth-order valence-electron chi connectivity index (χ4n) is 3.82. The van der Waals surface area contributed by atoms with E-state index in [1.54, 1.807) is 16.9 Å². The SMILES string of the molecule is CC(C)c1cc(C(=O)OCC(=O)NC2CCOc3ccccc32)c2cnn(C(C)C)c2n1. The van der Waals surface area contributed by atoms with Crippen molar-refractivity contribution in [2.75, 3.05) is 13.2 Å². The van der Waals surface area contributed by atoms with Crippen LogP contribution in [-0.4, -0.2) is 39.9 Å². The van der Waals surface area contributed by atoms with Gasteiger partial charge in [0.15, 0.2) is 12.3 Å². The summed E-state index contributed by atoms with van der Waals surface area (Å²) in [5.74, 6) is -0.0283. The van der Waals surface area contributed by atoms with Gasteiger partial charge in [-0.2, -0.15) is 5.10 Å². The monoisotopic (exact) mass is 436 g/mol. The van der Waals surface area contributed by atoms with E-state index in [0.29, 0.717) is 29.6 Å². The molecule has 1 aliphatic rings. The first-order valence-corrected chi connectivity index (χ1v) is 10.9. The lowest BCUT2D eigenvalue weighted by Crippen LogP contribution is -2.35. The summed E-state index contributed by atoms with van der Waals surface area (Å²) >= 11 is 0. The van der Waals surface area contributed by atoms with E-state index < -0.39 is 5.97 Å². The summed E-state index contributed by atoms with van der Waals surface area (Å²) in [6.45, 7) is 8.20. The molecule has 1 aliphatic heterocycles. The largest absolute Gasteiger partial charge is 0.493 e. The number of ether oxygens (including phenoxy) is 2. The molecule has 0 saturated heterocycles. The first kappa shape index (κ1) is 21.8. The number of nitrogens with zero attached hydrogens (tertiary/aromatic N) is 3. The van der Waals surface area contributed by atoms with Crippen LogP contribution in [0, 0.1) is 0 Å². The van der Waals surface area contributed by atoms with Crippen molar-refractivity contribution in [3.8, 4) is 5.75 Å². The molecule has 0 bridgehead atoms. The molecule has 1 N–H and O–H groups in total. The van der Waals surface area contributed by atoms with Gasteiger partial charge in [-0.25, -0.2) is 14.5 Å². The number of aromatic nitrogens is 3. The summed E-state index contributed by atoms with van der Waals surface area (Å²) in [5, 5.41) is 7.95. The number of amides is 1. The highest BCUT2D eigenvalue weighted by Gasteiger charge is 2.24. The van der Waals surface area contributed by atoms with E-state index in [2.05, 4.69) is 10.4 Å². The van der Waals surface area contributed by atoms with Gasteiger partial charge in [-0.15, -0.1) is 0 Å². The summed E-state index contributed by atoms with van der Waals surface area (Å²) < 4.78 is 12.8. The number of fused-ring (bicyclic) bond motifs is 2. The van der Waals surface area contributed by atoms with Crippen molar-refractivity contribution in [1.29, 1.82) is 0 Å². The molecule has 168 valence electrons. The lowest BCUT2D eigenvalue weighted by molar-refractivity contribution is -0.125. The Labute approximate surface area is 186 Å². The molecule has 1 unspecified atom stereocenters. The number of nitrogens with one attached hydrogen (secondary N) is 1. The lowest BCUT2D eigenvalue weighted by atomic mass is 10.0. The number of carbonyl (C=O) groups is 2. The van der Waals surface area contributed by atoms with Crippen LogP contribution in [0.3, 0.4) is 0 Å². The Kier molecular flexibility index (Phi) is 6.12. The Morgan fingerprint density at radius 1 is 1.25 bits per heavy atom. The zero-order valence-electron chi connectivity index (χ0n) is 18.8. The van der Waals surface area contributed by atoms with Crippen molar-refractivity contribution in [3.05, 3.63) is 53.3 Å². The minimum Gasteiger partial charge on any atom is -0.493 e. The maximum Gasteiger partial charge on any atom is 0.339 e. The fraction of sp³-hybridized carbons (Fsp3) is 0.417. The molecule has 0 radical (unpaired) electrons. The topological polar surface area (TPSA) is 95.3 Å². The molecular weight excluding hydrogens is 408 g/mol. The summed E-state index contributed by atoms with van der Waals surface area (Å²) in [4.78, 5) is 30.1. The van der Waals surface area contributed by atoms with Gasteiger partial charge < -0.3 is 14.8 Å². The van der Waals surface area contributed by atoms with E-state index in [4.69, 9.17) is 14.5 Å². The molecule has 1 aromatic carbocycles. The highest BCUT2D eigenvalue weighted by Crippen LogP contribution is 2.31. The standard InChI is InChI=1S/C24H28N4O4/c1-14(2)20-11-17(18-12-25-28(15(3)4)23(18)27-20)24(30)32-13-22(29)26-19-9-10-31-21-8-6-5-7-16(19)21/h5-8,11-12,14-15,19H,9-10,13H2,1-4H3,(H,26,29). The van der Waals surface area contributed by atoms with Gasteiger partial charge in [0.2, 0.25) is 0 Å². The Bertz CT molecular complexity index is 1150. The van der Waals surface area contributed by atoms with Crippen LogP contribution in [0.5, 0.6) is 5.75 Å². The Morgan fingerprint density at radius 2 is 2.03 bits per heavy atom. The van der Waals surface area contributed by atoms with Gasteiger partial charge in [0.1, 0.15) is 5.75 Å². The van der Waals surface area contributed by atoms with Crippen molar-refractivity contribution in [1.82, 2.24) is 20.1 Å². The summed E-state index contributed by atoms with van der Waals surface area (Å²) in [6, 6.07) is 9.27. The molecule has 32 heavy (non-hydrogen) atoms. The van der Waals surface area contributed by atoms with Gasteiger partial charge in [-0.3, -0.25) is 4.79 Å². The summed E-state index contributed by atoms with van der Waals surface area (Å²) in [6.07, 6.45) is 2.29. The number of rotatable bonds is 6. The van der Waals surface area contributed by atoms with Gasteiger partial charge in [0, 0.05) is 23.7 Å². The molecule has 0 spiro atoms. The highest BCUT2D eigenvalue weighted by atomic mass is 16.5. The fourth-order valence-corrected chi connectivity index (χ4v) is 3.82. The number of para-hydroxylation sites is 1. The second-order valence-electron chi connectivity index (χ2n) is 8.54. The van der Waals surface area contributed by atoms with Gasteiger partial charge >= 0.3 is 5.97 Å². The van der Waals surface area contributed by atoms with Gasteiger partial charge in [0.25, 0.3) is 5.91 Å².